The lowest BCUT2D eigenvalue weighted by atomic mass is 10.0. The highest BCUT2D eigenvalue weighted by Gasteiger charge is 2.32. The molecule has 2 aromatic rings. The summed E-state index contributed by atoms with van der Waals surface area (Å²) in [5.41, 5.74) is 2.20. The zero-order chi connectivity index (χ0) is 19.9. The molecule has 28 heavy (non-hydrogen) atoms. The van der Waals surface area contributed by atoms with E-state index < -0.39 is 18.1 Å². The summed E-state index contributed by atoms with van der Waals surface area (Å²) < 4.78 is 13.1. The van der Waals surface area contributed by atoms with E-state index in [1.165, 1.54) is 12.1 Å². The van der Waals surface area contributed by atoms with Crippen molar-refractivity contribution in [2.75, 3.05) is 6.54 Å². The summed E-state index contributed by atoms with van der Waals surface area (Å²) in [6, 6.07) is 14.6. The van der Waals surface area contributed by atoms with Gasteiger partial charge >= 0.3 is 0 Å². The van der Waals surface area contributed by atoms with Crippen LogP contribution < -0.4 is 10.6 Å². The maximum atomic E-state index is 13.1. The molecule has 0 bridgehead atoms. The molecule has 1 heterocycles. The van der Waals surface area contributed by atoms with Crippen LogP contribution in [-0.2, 0) is 20.8 Å². The highest BCUT2D eigenvalue weighted by atomic mass is 19.1. The van der Waals surface area contributed by atoms with E-state index in [2.05, 4.69) is 15.8 Å². The summed E-state index contributed by atoms with van der Waals surface area (Å²) in [6.45, 7) is 2.29. The molecule has 3 rings (SSSR count). The minimum atomic E-state index is -0.826. The van der Waals surface area contributed by atoms with Crippen molar-refractivity contribution in [1.29, 1.82) is 0 Å². The van der Waals surface area contributed by atoms with Crippen molar-refractivity contribution < 1.29 is 18.8 Å². The van der Waals surface area contributed by atoms with Gasteiger partial charge in [0.1, 0.15) is 11.9 Å². The number of nitrogens with one attached hydrogen (secondary N) is 2. The van der Waals surface area contributed by atoms with E-state index in [4.69, 9.17) is 4.84 Å². The molecule has 0 fully saturated rings. The van der Waals surface area contributed by atoms with Crippen molar-refractivity contribution in [1.82, 2.24) is 10.6 Å². The van der Waals surface area contributed by atoms with Gasteiger partial charge in [0.05, 0.1) is 5.71 Å². The van der Waals surface area contributed by atoms with Crippen LogP contribution in [0.1, 0.15) is 24.5 Å². The molecule has 2 amide bonds. The average molecular weight is 383 g/mol. The highest BCUT2D eigenvalue weighted by Crippen LogP contribution is 2.17. The Morgan fingerprint density at radius 3 is 2.57 bits per heavy atom. The van der Waals surface area contributed by atoms with Crippen molar-refractivity contribution in [2.45, 2.75) is 31.9 Å². The lowest BCUT2D eigenvalue weighted by molar-refractivity contribution is -0.135. The molecule has 2 aromatic carbocycles. The van der Waals surface area contributed by atoms with Crippen LogP contribution in [0.25, 0.3) is 0 Å². The number of likely N-dealkylation sites (N-methyl/N-ethyl adjacent to an activating group) is 1. The third kappa shape index (κ3) is 4.94. The molecule has 0 aromatic heterocycles. The Hall–Kier alpha value is -3.22. The van der Waals surface area contributed by atoms with E-state index >= 15 is 0 Å². The van der Waals surface area contributed by atoms with Gasteiger partial charge in [-0.05, 0) is 30.2 Å². The number of oxime groups is 1. The predicted molar refractivity (Wildman–Crippen MR) is 103 cm³/mol. The van der Waals surface area contributed by atoms with Crippen LogP contribution >= 0.6 is 0 Å². The molecule has 0 aliphatic carbocycles. The topological polar surface area (TPSA) is 79.8 Å². The molecule has 0 radical (unpaired) electrons. The Labute approximate surface area is 162 Å². The summed E-state index contributed by atoms with van der Waals surface area (Å²) in [5.74, 6) is -1.01. The summed E-state index contributed by atoms with van der Waals surface area (Å²) in [7, 11) is 0. The van der Waals surface area contributed by atoms with Crippen LogP contribution in [0.5, 0.6) is 0 Å². The number of amides is 2. The van der Waals surface area contributed by atoms with Gasteiger partial charge in [0.15, 0.2) is 0 Å². The lowest BCUT2D eigenvalue weighted by Crippen LogP contribution is -2.50. The Morgan fingerprint density at radius 1 is 1.18 bits per heavy atom. The van der Waals surface area contributed by atoms with Gasteiger partial charge in [-0.1, -0.05) is 47.6 Å². The number of nitrogens with zero attached hydrogens (tertiary/aromatic N) is 1. The first-order chi connectivity index (χ1) is 13.6. The average Bonchev–Trinajstić information content (AvgIpc) is 3.19. The highest BCUT2D eigenvalue weighted by molar-refractivity contribution is 6.04. The zero-order valence-corrected chi connectivity index (χ0v) is 15.5. The van der Waals surface area contributed by atoms with Crippen molar-refractivity contribution in [2.24, 2.45) is 5.16 Å². The molecular formula is C21H22FN3O3. The summed E-state index contributed by atoms with van der Waals surface area (Å²) in [5, 5.41) is 9.45. The molecule has 2 atom stereocenters. The van der Waals surface area contributed by atoms with Gasteiger partial charge in [-0.2, -0.15) is 0 Å². The van der Waals surface area contributed by atoms with E-state index in [1.54, 1.807) is 12.1 Å². The summed E-state index contributed by atoms with van der Waals surface area (Å²) >= 11 is 0. The molecular weight excluding hydrogens is 361 g/mol. The Bertz CT molecular complexity index is 853. The maximum absolute atomic E-state index is 13.1. The minimum Gasteiger partial charge on any atom is -0.382 e. The van der Waals surface area contributed by atoms with Crippen molar-refractivity contribution in [3.63, 3.8) is 0 Å². The second-order valence-corrected chi connectivity index (χ2v) is 6.49. The second-order valence-electron chi connectivity index (χ2n) is 6.49. The second kappa shape index (κ2) is 9.12. The molecule has 0 spiro atoms. The van der Waals surface area contributed by atoms with E-state index in [1.807, 2.05) is 37.3 Å². The molecule has 1 aliphatic heterocycles. The van der Waals surface area contributed by atoms with Gasteiger partial charge < -0.3 is 15.5 Å². The first-order valence-corrected chi connectivity index (χ1v) is 9.17. The van der Waals surface area contributed by atoms with E-state index in [9.17, 15) is 14.0 Å². The number of hydrogen-bond donors (Lipinski definition) is 2. The summed E-state index contributed by atoms with van der Waals surface area (Å²) in [4.78, 5) is 30.3. The molecule has 6 nitrogen and oxygen atoms in total. The molecule has 0 unspecified atom stereocenters. The van der Waals surface area contributed by atoms with Crippen molar-refractivity contribution in [3.05, 3.63) is 71.5 Å². The Morgan fingerprint density at radius 2 is 1.89 bits per heavy atom. The molecule has 0 saturated heterocycles. The van der Waals surface area contributed by atoms with E-state index in [0.717, 1.165) is 5.56 Å². The predicted octanol–water partition coefficient (Wildman–Crippen LogP) is 2.18. The lowest BCUT2D eigenvalue weighted by Gasteiger charge is -2.19. The first-order valence-electron chi connectivity index (χ1n) is 9.17. The fourth-order valence-electron chi connectivity index (χ4n) is 2.95. The number of halogens is 1. The summed E-state index contributed by atoms with van der Waals surface area (Å²) in [6.07, 6.45) is -0.199. The van der Waals surface area contributed by atoms with Gasteiger partial charge in [0, 0.05) is 19.4 Å². The monoisotopic (exact) mass is 383 g/mol. The van der Waals surface area contributed by atoms with Crippen LogP contribution in [0.2, 0.25) is 0 Å². The number of carbonyl (C=O) groups is 2. The minimum absolute atomic E-state index is 0.252. The van der Waals surface area contributed by atoms with Crippen molar-refractivity contribution in [3.8, 4) is 0 Å². The fourth-order valence-corrected chi connectivity index (χ4v) is 2.95. The molecule has 7 heteroatoms. The zero-order valence-electron chi connectivity index (χ0n) is 15.5. The molecule has 2 N–H and O–H groups in total. The fraction of sp³-hybridized carbons (Fsp3) is 0.286. The van der Waals surface area contributed by atoms with Gasteiger partial charge in [-0.3, -0.25) is 9.59 Å². The Balaban J connectivity index is 1.63. The molecule has 146 valence electrons. The Kier molecular flexibility index (Phi) is 6.37. The van der Waals surface area contributed by atoms with Gasteiger partial charge in [0.25, 0.3) is 5.91 Å². The van der Waals surface area contributed by atoms with Gasteiger partial charge in [-0.15, -0.1) is 0 Å². The number of hydrogen-bond acceptors (Lipinski definition) is 4. The molecule has 0 saturated carbocycles. The van der Waals surface area contributed by atoms with E-state index in [-0.39, 0.29) is 18.1 Å². The van der Waals surface area contributed by atoms with Crippen LogP contribution in [-0.4, -0.2) is 36.2 Å². The quantitative estimate of drug-likeness (QED) is 0.769. The van der Waals surface area contributed by atoms with Gasteiger partial charge in [0.2, 0.25) is 12.0 Å². The van der Waals surface area contributed by atoms with Crippen LogP contribution in [0.15, 0.2) is 59.8 Å². The van der Waals surface area contributed by atoms with Crippen LogP contribution in [0.3, 0.4) is 0 Å². The number of carbonyl (C=O) groups excluding carboxylic acids is 2. The van der Waals surface area contributed by atoms with E-state index in [0.29, 0.717) is 24.2 Å². The van der Waals surface area contributed by atoms with Crippen LogP contribution in [0, 0.1) is 5.82 Å². The first kappa shape index (κ1) is 19.5. The smallest absolute Gasteiger partial charge is 0.265 e. The molecule has 1 aliphatic rings. The normalized spacial score (nSPS) is 16.6. The number of benzene rings is 2. The largest absolute Gasteiger partial charge is 0.382 e. The van der Waals surface area contributed by atoms with Crippen LogP contribution in [0.4, 0.5) is 4.39 Å². The number of rotatable bonds is 7. The SMILES string of the molecule is CCNC(=O)[C@H](Cc1ccccc1)NC(=O)[C@@H]1CC(c2ccc(F)cc2)=NO1. The maximum Gasteiger partial charge on any atom is 0.265 e. The van der Waals surface area contributed by atoms with Gasteiger partial charge in [-0.25, -0.2) is 4.39 Å². The standard InChI is InChI=1S/C21H22FN3O3/c1-2-23-20(26)18(12-14-6-4-3-5-7-14)24-21(27)19-13-17(25-28-19)15-8-10-16(22)11-9-15/h3-11,18-19H,2,12-13H2,1H3,(H,23,26)(H,24,27)/t18-,19-/m0/s1. The van der Waals surface area contributed by atoms with Crippen molar-refractivity contribution >= 4 is 17.5 Å². The third-order valence-electron chi connectivity index (χ3n) is 4.41. The third-order valence-corrected chi connectivity index (χ3v) is 4.41.